The summed E-state index contributed by atoms with van der Waals surface area (Å²) in [6, 6.07) is 12.6. The standard InChI is InChI=1S/C20H19NO5/c1-3-26-20(24)17-18(22)15(12-13-7-9-14(25-2)10-8-13)16-6-4-5-11-21(16)19(17)23/h4-11,22H,3,12H2,1-2H3. The van der Waals surface area contributed by atoms with Crippen LogP contribution in [-0.4, -0.2) is 29.2 Å². The van der Waals surface area contributed by atoms with Crippen LogP contribution < -0.4 is 10.3 Å². The lowest BCUT2D eigenvalue weighted by Gasteiger charge is -2.14. The Morgan fingerprint density at radius 2 is 1.88 bits per heavy atom. The number of aromatic hydroxyl groups is 1. The summed E-state index contributed by atoms with van der Waals surface area (Å²) in [6.07, 6.45) is 1.91. The average molecular weight is 353 g/mol. The maximum absolute atomic E-state index is 12.6. The summed E-state index contributed by atoms with van der Waals surface area (Å²) in [6.45, 7) is 1.76. The van der Waals surface area contributed by atoms with Crippen LogP contribution in [-0.2, 0) is 11.2 Å². The largest absolute Gasteiger partial charge is 0.506 e. The molecular weight excluding hydrogens is 334 g/mol. The zero-order valence-corrected chi connectivity index (χ0v) is 14.6. The molecule has 0 saturated heterocycles. The van der Waals surface area contributed by atoms with Crippen LogP contribution >= 0.6 is 0 Å². The smallest absolute Gasteiger partial charge is 0.347 e. The number of fused-ring (bicyclic) bond motifs is 1. The van der Waals surface area contributed by atoms with Crippen molar-refractivity contribution in [2.24, 2.45) is 0 Å². The molecule has 0 unspecified atom stereocenters. The Hall–Kier alpha value is -3.28. The van der Waals surface area contributed by atoms with Gasteiger partial charge in [0.1, 0.15) is 11.5 Å². The summed E-state index contributed by atoms with van der Waals surface area (Å²) in [5.41, 5.74) is 0.978. The van der Waals surface area contributed by atoms with E-state index in [4.69, 9.17) is 9.47 Å². The lowest BCUT2D eigenvalue weighted by molar-refractivity contribution is 0.0520. The van der Waals surface area contributed by atoms with E-state index in [0.29, 0.717) is 17.5 Å². The highest BCUT2D eigenvalue weighted by Crippen LogP contribution is 2.28. The van der Waals surface area contributed by atoms with Crippen molar-refractivity contribution in [1.29, 1.82) is 0 Å². The van der Waals surface area contributed by atoms with E-state index in [-0.39, 0.29) is 17.9 Å². The van der Waals surface area contributed by atoms with Gasteiger partial charge in [-0.15, -0.1) is 0 Å². The predicted molar refractivity (Wildman–Crippen MR) is 97.1 cm³/mol. The van der Waals surface area contributed by atoms with Crippen molar-refractivity contribution in [2.45, 2.75) is 13.3 Å². The van der Waals surface area contributed by atoms with E-state index in [0.717, 1.165) is 11.3 Å². The van der Waals surface area contributed by atoms with E-state index < -0.39 is 11.5 Å². The molecule has 0 spiro atoms. The highest BCUT2D eigenvalue weighted by molar-refractivity contribution is 5.93. The number of pyridine rings is 2. The van der Waals surface area contributed by atoms with Crippen molar-refractivity contribution in [3.63, 3.8) is 0 Å². The number of carbonyl (C=O) groups excluding carboxylic acids is 1. The number of benzene rings is 1. The molecule has 0 aliphatic rings. The number of hydrogen-bond acceptors (Lipinski definition) is 5. The Bertz CT molecular complexity index is 1010. The molecule has 0 aliphatic carbocycles. The average Bonchev–Trinajstić information content (AvgIpc) is 2.66. The number of nitrogens with zero attached hydrogens (tertiary/aromatic N) is 1. The number of esters is 1. The molecule has 6 heteroatoms. The zero-order valence-electron chi connectivity index (χ0n) is 14.6. The molecule has 134 valence electrons. The molecule has 3 aromatic rings. The summed E-state index contributed by atoms with van der Waals surface area (Å²) in [7, 11) is 1.59. The van der Waals surface area contributed by atoms with E-state index in [1.807, 2.05) is 24.3 Å². The van der Waals surface area contributed by atoms with Crippen LogP contribution in [0.5, 0.6) is 11.5 Å². The molecule has 0 fully saturated rings. The maximum Gasteiger partial charge on any atom is 0.347 e. The Morgan fingerprint density at radius 1 is 1.15 bits per heavy atom. The number of hydrogen-bond donors (Lipinski definition) is 1. The van der Waals surface area contributed by atoms with Gasteiger partial charge in [0.15, 0.2) is 5.56 Å². The van der Waals surface area contributed by atoms with Gasteiger partial charge in [-0.3, -0.25) is 9.20 Å². The van der Waals surface area contributed by atoms with Gasteiger partial charge in [-0.25, -0.2) is 4.79 Å². The third-order valence-corrected chi connectivity index (χ3v) is 4.14. The number of methoxy groups -OCH3 is 1. The predicted octanol–water partition coefficient (Wildman–Crippen LogP) is 2.78. The molecule has 0 bridgehead atoms. The third kappa shape index (κ3) is 3.13. The summed E-state index contributed by atoms with van der Waals surface area (Å²) in [4.78, 5) is 24.8. The molecule has 1 N–H and O–H groups in total. The van der Waals surface area contributed by atoms with Crippen molar-refractivity contribution in [2.75, 3.05) is 13.7 Å². The molecular formula is C20H19NO5. The molecule has 0 atom stereocenters. The molecule has 0 amide bonds. The van der Waals surface area contributed by atoms with Crippen molar-refractivity contribution in [1.82, 2.24) is 4.40 Å². The quantitative estimate of drug-likeness (QED) is 0.714. The van der Waals surface area contributed by atoms with Gasteiger partial charge in [0.25, 0.3) is 5.56 Å². The first-order chi connectivity index (χ1) is 12.6. The van der Waals surface area contributed by atoms with Crippen LogP contribution in [0.1, 0.15) is 28.4 Å². The molecule has 3 rings (SSSR count). The monoisotopic (exact) mass is 353 g/mol. The molecule has 0 radical (unpaired) electrons. The normalized spacial score (nSPS) is 10.7. The van der Waals surface area contributed by atoms with Gasteiger partial charge < -0.3 is 14.6 Å². The second-order valence-electron chi connectivity index (χ2n) is 5.71. The van der Waals surface area contributed by atoms with Crippen LogP contribution in [0.25, 0.3) is 5.52 Å². The van der Waals surface area contributed by atoms with E-state index in [1.165, 1.54) is 4.40 Å². The number of aromatic nitrogens is 1. The SMILES string of the molecule is CCOC(=O)c1c(O)c(Cc2ccc(OC)cc2)c2ccccn2c1=O. The van der Waals surface area contributed by atoms with Gasteiger partial charge in [0, 0.05) is 18.2 Å². The molecule has 6 nitrogen and oxygen atoms in total. The van der Waals surface area contributed by atoms with Gasteiger partial charge in [0.05, 0.1) is 19.2 Å². The van der Waals surface area contributed by atoms with Gasteiger partial charge >= 0.3 is 5.97 Å². The van der Waals surface area contributed by atoms with Gasteiger partial charge in [-0.05, 0) is 36.8 Å². The molecule has 26 heavy (non-hydrogen) atoms. The fraction of sp³-hybridized carbons (Fsp3) is 0.200. The number of carbonyl (C=O) groups is 1. The highest BCUT2D eigenvalue weighted by Gasteiger charge is 2.24. The first-order valence-corrected chi connectivity index (χ1v) is 8.22. The van der Waals surface area contributed by atoms with E-state index in [1.54, 1.807) is 38.4 Å². The Labute approximate surface area is 150 Å². The third-order valence-electron chi connectivity index (χ3n) is 4.14. The second-order valence-corrected chi connectivity index (χ2v) is 5.71. The Balaban J connectivity index is 2.19. The second kappa shape index (κ2) is 7.31. The topological polar surface area (TPSA) is 77.2 Å². The highest BCUT2D eigenvalue weighted by atomic mass is 16.5. The summed E-state index contributed by atoms with van der Waals surface area (Å²) < 4.78 is 11.4. The summed E-state index contributed by atoms with van der Waals surface area (Å²) in [5.74, 6) is -0.445. The van der Waals surface area contributed by atoms with Crippen LogP contribution in [0.3, 0.4) is 0 Å². The number of rotatable bonds is 5. The van der Waals surface area contributed by atoms with Crippen LogP contribution in [0, 0.1) is 0 Å². The zero-order chi connectivity index (χ0) is 18.7. The molecule has 2 heterocycles. The molecule has 0 aliphatic heterocycles. The molecule has 0 saturated carbocycles. The van der Waals surface area contributed by atoms with Crippen LogP contribution in [0.2, 0.25) is 0 Å². The Kier molecular flexibility index (Phi) is 4.93. The van der Waals surface area contributed by atoms with Gasteiger partial charge in [0.2, 0.25) is 0 Å². The van der Waals surface area contributed by atoms with E-state index in [2.05, 4.69) is 0 Å². The minimum Gasteiger partial charge on any atom is -0.506 e. The minimum atomic E-state index is -0.829. The van der Waals surface area contributed by atoms with Crippen molar-refractivity contribution in [3.05, 3.63) is 75.7 Å². The van der Waals surface area contributed by atoms with Gasteiger partial charge in [-0.1, -0.05) is 18.2 Å². The maximum atomic E-state index is 12.6. The van der Waals surface area contributed by atoms with Crippen molar-refractivity contribution < 1.29 is 19.4 Å². The van der Waals surface area contributed by atoms with Crippen molar-refractivity contribution >= 4 is 11.5 Å². The molecule has 2 aromatic heterocycles. The summed E-state index contributed by atoms with van der Waals surface area (Å²) >= 11 is 0. The lowest BCUT2D eigenvalue weighted by Crippen LogP contribution is -2.25. The lowest BCUT2D eigenvalue weighted by atomic mass is 10.0. The minimum absolute atomic E-state index is 0.114. The summed E-state index contributed by atoms with van der Waals surface area (Å²) in [5, 5.41) is 10.7. The fourth-order valence-corrected chi connectivity index (χ4v) is 2.87. The van der Waals surface area contributed by atoms with E-state index >= 15 is 0 Å². The first kappa shape index (κ1) is 17.5. The van der Waals surface area contributed by atoms with Crippen LogP contribution in [0.4, 0.5) is 0 Å². The fourth-order valence-electron chi connectivity index (χ4n) is 2.87. The Morgan fingerprint density at radius 3 is 2.54 bits per heavy atom. The number of ether oxygens (including phenoxy) is 2. The first-order valence-electron chi connectivity index (χ1n) is 8.22. The van der Waals surface area contributed by atoms with Crippen molar-refractivity contribution in [3.8, 4) is 11.5 Å². The van der Waals surface area contributed by atoms with Crippen LogP contribution in [0.15, 0.2) is 53.5 Å². The molecule has 1 aromatic carbocycles. The van der Waals surface area contributed by atoms with E-state index in [9.17, 15) is 14.7 Å². The van der Waals surface area contributed by atoms with Gasteiger partial charge in [-0.2, -0.15) is 0 Å².